The number of hydrogen-bond acceptors (Lipinski definition) is 3. The van der Waals surface area contributed by atoms with E-state index < -0.39 is 22.6 Å². The molecule has 0 aliphatic heterocycles. The van der Waals surface area contributed by atoms with Crippen LogP contribution in [-0.2, 0) is 10.0 Å². The number of halogens is 4. The van der Waals surface area contributed by atoms with E-state index in [1.807, 2.05) is 0 Å². The highest BCUT2D eigenvalue weighted by Crippen LogP contribution is 2.21. The summed E-state index contributed by atoms with van der Waals surface area (Å²) in [6.45, 7) is -0.290. The molecular weight excluding hydrogens is 293 g/mol. The van der Waals surface area contributed by atoms with Crippen LogP contribution in [0.15, 0.2) is 23.2 Å². The van der Waals surface area contributed by atoms with Crippen LogP contribution in [0.1, 0.15) is 12.8 Å². The second-order valence-electron chi connectivity index (χ2n) is 3.43. The number of aromatic nitrogens is 1. The van der Waals surface area contributed by atoms with Gasteiger partial charge in [0.25, 0.3) is 0 Å². The molecule has 0 saturated heterocycles. The first kappa shape index (κ1) is 15.2. The molecule has 0 bridgehead atoms. The van der Waals surface area contributed by atoms with Gasteiger partial charge in [-0.25, -0.2) is 18.1 Å². The van der Waals surface area contributed by atoms with Crippen molar-refractivity contribution in [2.75, 3.05) is 6.54 Å². The van der Waals surface area contributed by atoms with E-state index in [2.05, 4.69) is 9.71 Å². The zero-order valence-electron chi connectivity index (χ0n) is 9.04. The third kappa shape index (κ3) is 5.19. The molecular formula is C9H10ClF3N2O2S. The molecule has 0 aliphatic carbocycles. The Hall–Kier alpha value is -0.860. The Morgan fingerprint density at radius 2 is 2.06 bits per heavy atom. The summed E-state index contributed by atoms with van der Waals surface area (Å²) in [4.78, 5) is 3.48. The normalized spacial score (nSPS) is 12.7. The molecule has 9 heteroatoms. The summed E-state index contributed by atoms with van der Waals surface area (Å²) in [5.74, 6) is 0. The van der Waals surface area contributed by atoms with E-state index in [0.29, 0.717) is 0 Å². The molecule has 18 heavy (non-hydrogen) atoms. The maximum atomic E-state index is 11.8. The average molecular weight is 303 g/mol. The van der Waals surface area contributed by atoms with Gasteiger partial charge in [-0.3, -0.25) is 0 Å². The summed E-state index contributed by atoms with van der Waals surface area (Å²) < 4.78 is 60.9. The second-order valence-corrected chi connectivity index (χ2v) is 5.58. The summed E-state index contributed by atoms with van der Waals surface area (Å²) in [5, 5.41) is -0.00633. The molecule has 102 valence electrons. The van der Waals surface area contributed by atoms with E-state index in [1.54, 1.807) is 0 Å². The predicted molar refractivity (Wildman–Crippen MR) is 59.7 cm³/mol. The van der Waals surface area contributed by atoms with Crippen LogP contribution >= 0.6 is 11.6 Å². The Bertz CT molecular complexity index is 505. The minimum atomic E-state index is -4.29. The highest BCUT2D eigenvalue weighted by atomic mass is 35.5. The Labute approximate surface area is 107 Å². The standard InChI is InChI=1S/C9H10ClF3N2O2S/c10-8-6-7(2-5-14-8)18(16,17)15-4-1-3-9(11,12)13/h2,5-6,15H,1,3-4H2. The molecule has 0 unspecified atom stereocenters. The van der Waals surface area contributed by atoms with Gasteiger partial charge < -0.3 is 0 Å². The zero-order chi connectivity index (χ0) is 13.8. The fraction of sp³-hybridized carbons (Fsp3) is 0.444. The molecule has 1 aromatic rings. The highest BCUT2D eigenvalue weighted by molar-refractivity contribution is 7.89. The van der Waals surface area contributed by atoms with Crippen molar-refractivity contribution in [3.8, 4) is 0 Å². The minimum Gasteiger partial charge on any atom is -0.244 e. The van der Waals surface area contributed by atoms with Crippen LogP contribution < -0.4 is 4.72 Å². The van der Waals surface area contributed by atoms with Gasteiger partial charge in [-0.1, -0.05) is 11.6 Å². The van der Waals surface area contributed by atoms with Gasteiger partial charge in [0.05, 0.1) is 4.90 Å². The molecule has 1 heterocycles. The summed E-state index contributed by atoms with van der Waals surface area (Å²) in [6, 6.07) is 2.33. The van der Waals surface area contributed by atoms with Gasteiger partial charge in [-0.2, -0.15) is 13.2 Å². The Morgan fingerprint density at radius 1 is 1.39 bits per heavy atom. The lowest BCUT2D eigenvalue weighted by molar-refractivity contribution is -0.135. The maximum absolute atomic E-state index is 11.8. The Balaban J connectivity index is 2.56. The topological polar surface area (TPSA) is 59.1 Å². The van der Waals surface area contributed by atoms with Crippen LogP contribution in [-0.4, -0.2) is 26.1 Å². The largest absolute Gasteiger partial charge is 0.389 e. The van der Waals surface area contributed by atoms with Crippen molar-refractivity contribution in [2.45, 2.75) is 23.9 Å². The predicted octanol–water partition coefficient (Wildman–Crippen LogP) is 2.36. The van der Waals surface area contributed by atoms with Crippen molar-refractivity contribution in [3.63, 3.8) is 0 Å². The number of pyridine rings is 1. The van der Waals surface area contributed by atoms with Crippen LogP contribution in [0.2, 0.25) is 5.15 Å². The SMILES string of the molecule is O=S(=O)(NCCCC(F)(F)F)c1ccnc(Cl)c1. The fourth-order valence-corrected chi connectivity index (χ4v) is 2.46. The monoisotopic (exact) mass is 302 g/mol. The van der Waals surface area contributed by atoms with Gasteiger partial charge in [-0.15, -0.1) is 0 Å². The lowest BCUT2D eigenvalue weighted by atomic mass is 10.3. The number of rotatable bonds is 5. The van der Waals surface area contributed by atoms with Gasteiger partial charge in [0.2, 0.25) is 10.0 Å². The minimum absolute atomic E-state index is 0.00633. The Morgan fingerprint density at radius 3 is 2.61 bits per heavy atom. The maximum Gasteiger partial charge on any atom is 0.389 e. The molecule has 1 rings (SSSR count). The number of alkyl halides is 3. The van der Waals surface area contributed by atoms with E-state index in [4.69, 9.17) is 11.6 Å². The van der Waals surface area contributed by atoms with Crippen LogP contribution in [0, 0.1) is 0 Å². The highest BCUT2D eigenvalue weighted by Gasteiger charge is 2.26. The van der Waals surface area contributed by atoms with Crippen LogP contribution in [0.4, 0.5) is 13.2 Å². The van der Waals surface area contributed by atoms with Crippen molar-refractivity contribution in [2.24, 2.45) is 0 Å². The number of sulfonamides is 1. The van der Waals surface area contributed by atoms with Crippen LogP contribution in [0.25, 0.3) is 0 Å². The molecule has 0 spiro atoms. The molecule has 4 nitrogen and oxygen atoms in total. The summed E-state index contributed by atoms with van der Waals surface area (Å²) in [5.41, 5.74) is 0. The first-order valence-electron chi connectivity index (χ1n) is 4.89. The van der Waals surface area contributed by atoms with Gasteiger partial charge in [0.1, 0.15) is 5.15 Å². The molecule has 0 atom stereocenters. The van der Waals surface area contributed by atoms with Crippen molar-refractivity contribution in [1.29, 1.82) is 0 Å². The molecule has 0 aliphatic rings. The van der Waals surface area contributed by atoms with E-state index in [0.717, 1.165) is 6.07 Å². The van der Waals surface area contributed by atoms with Gasteiger partial charge in [0, 0.05) is 19.2 Å². The third-order valence-electron chi connectivity index (χ3n) is 1.94. The van der Waals surface area contributed by atoms with Crippen molar-refractivity contribution < 1.29 is 21.6 Å². The number of hydrogen-bond donors (Lipinski definition) is 1. The van der Waals surface area contributed by atoms with Crippen molar-refractivity contribution >= 4 is 21.6 Å². The smallest absolute Gasteiger partial charge is 0.244 e. The van der Waals surface area contributed by atoms with Gasteiger partial charge in [0.15, 0.2) is 0 Å². The molecule has 0 radical (unpaired) electrons. The fourth-order valence-electron chi connectivity index (χ4n) is 1.13. The lowest BCUT2D eigenvalue weighted by Crippen LogP contribution is -2.25. The molecule has 1 aromatic heterocycles. The van der Waals surface area contributed by atoms with Crippen LogP contribution in [0.5, 0.6) is 0 Å². The van der Waals surface area contributed by atoms with E-state index >= 15 is 0 Å². The number of nitrogens with zero attached hydrogens (tertiary/aromatic N) is 1. The van der Waals surface area contributed by atoms with Gasteiger partial charge in [-0.05, 0) is 18.6 Å². The van der Waals surface area contributed by atoms with Gasteiger partial charge >= 0.3 is 6.18 Å². The second kappa shape index (κ2) is 5.85. The Kier molecular flexibility index (Phi) is 4.94. The van der Waals surface area contributed by atoms with Crippen molar-refractivity contribution in [3.05, 3.63) is 23.5 Å². The van der Waals surface area contributed by atoms with Crippen molar-refractivity contribution in [1.82, 2.24) is 9.71 Å². The van der Waals surface area contributed by atoms with Crippen LogP contribution in [0.3, 0.4) is 0 Å². The summed E-state index contributed by atoms with van der Waals surface area (Å²) >= 11 is 5.52. The molecule has 0 amide bonds. The molecule has 0 saturated carbocycles. The first-order valence-corrected chi connectivity index (χ1v) is 6.75. The number of nitrogens with one attached hydrogen (secondary N) is 1. The average Bonchev–Trinajstić information content (AvgIpc) is 2.23. The summed E-state index contributed by atoms with van der Waals surface area (Å²) in [7, 11) is -3.84. The zero-order valence-corrected chi connectivity index (χ0v) is 10.6. The van der Waals surface area contributed by atoms with E-state index in [-0.39, 0.29) is 23.0 Å². The lowest BCUT2D eigenvalue weighted by Gasteiger charge is -2.08. The molecule has 1 N–H and O–H groups in total. The first-order chi connectivity index (χ1) is 8.21. The van der Waals surface area contributed by atoms with E-state index in [9.17, 15) is 21.6 Å². The molecule has 0 fully saturated rings. The quantitative estimate of drug-likeness (QED) is 0.671. The van der Waals surface area contributed by atoms with E-state index in [1.165, 1.54) is 12.3 Å². The third-order valence-corrected chi connectivity index (χ3v) is 3.60. The molecule has 0 aromatic carbocycles. The summed E-state index contributed by atoms with van der Waals surface area (Å²) in [6.07, 6.45) is -4.44.